The van der Waals surface area contributed by atoms with Crippen LogP contribution >= 0.6 is 0 Å². The van der Waals surface area contributed by atoms with E-state index in [2.05, 4.69) is 47.9 Å². The Hall–Kier alpha value is -3.88. The van der Waals surface area contributed by atoms with Crippen LogP contribution in [0.1, 0.15) is 32.9 Å². The summed E-state index contributed by atoms with van der Waals surface area (Å²) in [6.45, 7) is 7.21. The van der Waals surface area contributed by atoms with E-state index in [9.17, 15) is 4.79 Å². The third kappa shape index (κ3) is 4.01. The average molecular weight is 431 g/mol. The highest BCUT2D eigenvalue weighted by molar-refractivity contribution is 5.93. The lowest BCUT2D eigenvalue weighted by molar-refractivity contribution is 0.193. The molecule has 1 aliphatic heterocycles. The van der Waals surface area contributed by atoms with E-state index < -0.39 is 0 Å². The summed E-state index contributed by atoms with van der Waals surface area (Å²) in [6, 6.07) is 8.05. The minimum atomic E-state index is -0.248. The molecule has 1 aromatic carbocycles. The molecule has 0 radical (unpaired) electrons. The van der Waals surface area contributed by atoms with Crippen LogP contribution in [0.3, 0.4) is 0 Å². The first-order valence-electron chi connectivity index (χ1n) is 10.7. The molecule has 3 aromatic heterocycles. The van der Waals surface area contributed by atoms with Gasteiger partial charge in [0, 0.05) is 35.4 Å². The van der Waals surface area contributed by atoms with Crippen LogP contribution in [0.2, 0.25) is 0 Å². The van der Waals surface area contributed by atoms with E-state index in [1.54, 1.807) is 12.5 Å². The summed E-state index contributed by atoms with van der Waals surface area (Å²) in [4.78, 5) is 26.5. The summed E-state index contributed by atoms with van der Waals surface area (Å²) in [5, 5.41) is 15.4. The molecule has 0 saturated heterocycles. The minimum absolute atomic E-state index is 0.0311. The number of amides is 2. The number of fused-ring (bicyclic) bond motifs is 2. The highest BCUT2D eigenvalue weighted by atomic mass is 16.2. The Morgan fingerprint density at radius 1 is 1.19 bits per heavy atom. The van der Waals surface area contributed by atoms with E-state index in [0.717, 1.165) is 45.6 Å². The molecule has 0 aliphatic carbocycles. The van der Waals surface area contributed by atoms with E-state index in [1.165, 1.54) is 5.57 Å². The molecule has 0 fully saturated rings. The Kier molecular flexibility index (Phi) is 4.80. The molecule has 1 aliphatic rings. The number of aromatic amines is 2. The van der Waals surface area contributed by atoms with Crippen LogP contribution in [0.4, 0.5) is 16.3 Å². The Labute approximate surface area is 185 Å². The molecule has 0 atom stereocenters. The number of hydrogen-bond acceptors (Lipinski definition) is 5. The molecule has 164 valence electrons. The Bertz CT molecular complexity index is 1330. The molecule has 0 spiro atoms. The Morgan fingerprint density at radius 3 is 2.84 bits per heavy atom. The monoisotopic (exact) mass is 430 g/mol. The number of benzene rings is 1. The Balaban J connectivity index is 1.37. The van der Waals surface area contributed by atoms with Crippen molar-refractivity contribution >= 4 is 45.0 Å². The lowest BCUT2D eigenvalue weighted by atomic mass is 10.0. The molecule has 0 saturated carbocycles. The largest absolute Gasteiger partial charge is 0.340 e. The molecule has 4 heterocycles. The maximum absolute atomic E-state index is 12.4. The van der Waals surface area contributed by atoms with Gasteiger partial charge in [0.25, 0.3) is 0 Å². The second-order valence-electron chi connectivity index (χ2n) is 9.07. The number of anilines is 2. The van der Waals surface area contributed by atoms with Crippen molar-refractivity contribution in [2.75, 3.05) is 18.4 Å². The molecule has 9 nitrogen and oxygen atoms in total. The number of H-pyrrole nitrogens is 2. The number of aromatic nitrogens is 5. The van der Waals surface area contributed by atoms with Crippen molar-refractivity contribution in [2.45, 2.75) is 32.7 Å². The molecule has 5 rings (SSSR count). The molecule has 9 heteroatoms. The summed E-state index contributed by atoms with van der Waals surface area (Å²) in [7, 11) is 0. The second kappa shape index (κ2) is 7.67. The number of hydrogen-bond donors (Lipinski definition) is 4. The van der Waals surface area contributed by atoms with Gasteiger partial charge in [0.1, 0.15) is 17.8 Å². The lowest BCUT2D eigenvalue weighted by Crippen LogP contribution is -2.49. The minimum Gasteiger partial charge on any atom is -0.340 e. The topological polar surface area (TPSA) is 115 Å². The molecule has 32 heavy (non-hydrogen) atoms. The number of carbonyl (C=O) groups is 1. The number of urea groups is 1. The molecule has 0 bridgehead atoms. The highest BCUT2D eigenvalue weighted by Crippen LogP contribution is 2.29. The van der Waals surface area contributed by atoms with Crippen LogP contribution in [0.5, 0.6) is 0 Å². The fraction of sp³-hybridized carbons (Fsp3) is 0.304. The Morgan fingerprint density at radius 2 is 2.06 bits per heavy atom. The maximum atomic E-state index is 12.4. The van der Waals surface area contributed by atoms with Crippen molar-refractivity contribution in [2.24, 2.45) is 0 Å². The fourth-order valence-electron chi connectivity index (χ4n) is 3.87. The van der Waals surface area contributed by atoms with E-state index in [-0.39, 0.29) is 11.6 Å². The molecular weight excluding hydrogens is 404 g/mol. The van der Waals surface area contributed by atoms with Crippen molar-refractivity contribution in [3.05, 3.63) is 48.6 Å². The SMILES string of the molecule is CC(C)(C)NC(=O)N1CC=C(c2cc3c(Nc4ccc5[nH]ncc5c4)ncnc3[nH]2)CC1. The zero-order valence-electron chi connectivity index (χ0n) is 18.4. The quantitative estimate of drug-likeness (QED) is 0.389. The van der Waals surface area contributed by atoms with Gasteiger partial charge < -0.3 is 20.5 Å². The summed E-state index contributed by atoms with van der Waals surface area (Å²) < 4.78 is 0. The van der Waals surface area contributed by atoms with Crippen molar-refractivity contribution in [1.29, 1.82) is 0 Å². The number of carbonyl (C=O) groups excluding carboxylic acids is 1. The first-order chi connectivity index (χ1) is 15.4. The van der Waals surface area contributed by atoms with Gasteiger partial charge in [-0.3, -0.25) is 5.10 Å². The lowest BCUT2D eigenvalue weighted by Gasteiger charge is -2.30. The highest BCUT2D eigenvalue weighted by Gasteiger charge is 2.22. The van der Waals surface area contributed by atoms with Crippen LogP contribution in [0.15, 0.2) is 42.9 Å². The van der Waals surface area contributed by atoms with Crippen LogP contribution in [0, 0.1) is 0 Å². The normalized spacial score (nSPS) is 14.6. The van der Waals surface area contributed by atoms with Crippen LogP contribution in [-0.2, 0) is 0 Å². The van der Waals surface area contributed by atoms with E-state index in [4.69, 9.17) is 0 Å². The summed E-state index contributed by atoms with van der Waals surface area (Å²) in [6.07, 6.45) is 6.22. The van der Waals surface area contributed by atoms with E-state index in [0.29, 0.717) is 13.1 Å². The predicted octanol–water partition coefficient (Wildman–Crippen LogP) is 4.18. The molecule has 4 N–H and O–H groups in total. The molecule has 0 unspecified atom stereocenters. The van der Waals surface area contributed by atoms with Gasteiger partial charge in [-0.15, -0.1) is 0 Å². The average Bonchev–Trinajstić information content (AvgIpc) is 3.40. The van der Waals surface area contributed by atoms with Gasteiger partial charge >= 0.3 is 6.03 Å². The standard InChI is InChI=1S/C23H26N8O/c1-23(2,3)29-22(32)31-8-6-14(7-9-31)19-11-17-20(24-13-25-21(17)28-19)27-16-4-5-18-15(10-16)12-26-30-18/h4-6,10-13H,7-9H2,1-3H3,(H,26,30)(H,29,32)(H2,24,25,27,28). The van der Waals surface area contributed by atoms with Crippen molar-refractivity contribution in [1.82, 2.24) is 35.4 Å². The van der Waals surface area contributed by atoms with Gasteiger partial charge in [-0.25, -0.2) is 14.8 Å². The number of nitrogens with zero attached hydrogens (tertiary/aromatic N) is 4. The maximum Gasteiger partial charge on any atom is 0.318 e. The summed E-state index contributed by atoms with van der Waals surface area (Å²) in [5.41, 5.74) is 4.62. The second-order valence-corrected chi connectivity index (χ2v) is 9.07. The summed E-state index contributed by atoms with van der Waals surface area (Å²) in [5.74, 6) is 0.739. The van der Waals surface area contributed by atoms with E-state index in [1.807, 2.05) is 43.9 Å². The van der Waals surface area contributed by atoms with Gasteiger partial charge in [0.05, 0.1) is 17.1 Å². The summed E-state index contributed by atoms with van der Waals surface area (Å²) >= 11 is 0. The van der Waals surface area contributed by atoms with Gasteiger partial charge in [-0.05, 0) is 57.0 Å². The van der Waals surface area contributed by atoms with Crippen molar-refractivity contribution in [3.8, 4) is 0 Å². The first kappa shape index (κ1) is 20.0. The van der Waals surface area contributed by atoms with Gasteiger partial charge in [0.2, 0.25) is 0 Å². The van der Waals surface area contributed by atoms with Crippen molar-refractivity contribution in [3.63, 3.8) is 0 Å². The number of rotatable bonds is 3. The fourth-order valence-corrected chi connectivity index (χ4v) is 3.87. The van der Waals surface area contributed by atoms with Crippen LogP contribution < -0.4 is 10.6 Å². The third-order valence-electron chi connectivity index (χ3n) is 5.45. The first-order valence-corrected chi connectivity index (χ1v) is 10.7. The van der Waals surface area contributed by atoms with E-state index >= 15 is 0 Å². The van der Waals surface area contributed by atoms with Gasteiger partial charge in [0.15, 0.2) is 0 Å². The van der Waals surface area contributed by atoms with Crippen molar-refractivity contribution < 1.29 is 4.79 Å². The van der Waals surface area contributed by atoms with Crippen LogP contribution in [-0.4, -0.2) is 54.7 Å². The predicted molar refractivity (Wildman–Crippen MR) is 126 cm³/mol. The zero-order chi connectivity index (χ0) is 22.3. The van der Waals surface area contributed by atoms with Gasteiger partial charge in [-0.1, -0.05) is 6.08 Å². The number of nitrogens with one attached hydrogen (secondary N) is 4. The molecule has 4 aromatic rings. The van der Waals surface area contributed by atoms with Gasteiger partial charge in [-0.2, -0.15) is 5.10 Å². The van der Waals surface area contributed by atoms with Crippen LogP contribution in [0.25, 0.3) is 27.5 Å². The zero-order valence-corrected chi connectivity index (χ0v) is 18.4. The third-order valence-corrected chi connectivity index (χ3v) is 5.45. The molecular formula is C23H26N8O. The molecule has 2 amide bonds. The smallest absolute Gasteiger partial charge is 0.318 e.